The Morgan fingerprint density at radius 2 is 1.86 bits per heavy atom. The molecule has 4 heteroatoms. The fourth-order valence-electron chi connectivity index (χ4n) is 2.59. The second-order valence-electron chi connectivity index (χ2n) is 4.98. The fourth-order valence-corrected chi connectivity index (χ4v) is 2.59. The lowest BCUT2D eigenvalue weighted by molar-refractivity contribution is 0.102. The Labute approximate surface area is 120 Å². The van der Waals surface area contributed by atoms with E-state index >= 15 is 0 Å². The Kier molecular flexibility index (Phi) is 2.54. The maximum atomic E-state index is 12.4. The highest BCUT2D eigenvalue weighted by Crippen LogP contribution is 2.21. The molecule has 0 saturated carbocycles. The summed E-state index contributed by atoms with van der Waals surface area (Å²) in [5.41, 5.74) is 3.46. The molecular weight excluding hydrogens is 262 g/mol. The first-order chi connectivity index (χ1) is 10.3. The number of nitrogens with one attached hydrogen (secondary N) is 3. The summed E-state index contributed by atoms with van der Waals surface area (Å²) in [6, 6.07) is 15.6. The van der Waals surface area contributed by atoms with Crippen molar-refractivity contribution >= 4 is 33.4 Å². The van der Waals surface area contributed by atoms with E-state index in [4.69, 9.17) is 0 Å². The fraction of sp³-hybridized carbons (Fsp3) is 0. The van der Waals surface area contributed by atoms with E-state index in [0.717, 1.165) is 27.5 Å². The number of fused-ring (bicyclic) bond motifs is 2. The van der Waals surface area contributed by atoms with E-state index in [1.54, 1.807) is 6.20 Å². The number of carbonyl (C=O) groups excluding carboxylic acids is 1. The van der Waals surface area contributed by atoms with E-state index in [0.29, 0.717) is 5.56 Å². The molecule has 0 aliphatic rings. The van der Waals surface area contributed by atoms with Crippen molar-refractivity contribution in [2.45, 2.75) is 0 Å². The molecule has 0 radical (unpaired) electrons. The Morgan fingerprint density at radius 3 is 2.81 bits per heavy atom. The average molecular weight is 275 g/mol. The average Bonchev–Trinajstić information content (AvgIpc) is 3.13. The molecule has 0 aliphatic heterocycles. The van der Waals surface area contributed by atoms with Gasteiger partial charge in [-0.2, -0.15) is 0 Å². The van der Waals surface area contributed by atoms with Gasteiger partial charge >= 0.3 is 0 Å². The smallest absolute Gasteiger partial charge is 0.257 e. The highest BCUT2D eigenvalue weighted by molar-refractivity contribution is 6.13. The molecule has 4 aromatic rings. The van der Waals surface area contributed by atoms with E-state index in [2.05, 4.69) is 15.3 Å². The first-order valence-electron chi connectivity index (χ1n) is 6.76. The van der Waals surface area contributed by atoms with Gasteiger partial charge in [0.2, 0.25) is 0 Å². The van der Waals surface area contributed by atoms with Crippen molar-refractivity contribution in [2.24, 2.45) is 0 Å². The number of carbonyl (C=O) groups is 1. The second kappa shape index (κ2) is 4.52. The van der Waals surface area contributed by atoms with Crippen LogP contribution in [0.4, 0.5) is 5.69 Å². The molecule has 102 valence electrons. The lowest BCUT2D eigenvalue weighted by atomic mass is 10.1. The van der Waals surface area contributed by atoms with Crippen LogP contribution >= 0.6 is 0 Å². The van der Waals surface area contributed by atoms with Crippen LogP contribution in [0.1, 0.15) is 10.4 Å². The van der Waals surface area contributed by atoms with E-state index in [9.17, 15) is 4.79 Å². The van der Waals surface area contributed by atoms with Gasteiger partial charge in [-0.05, 0) is 30.3 Å². The SMILES string of the molecule is O=C(Nc1ccc2[nH]ccc2c1)c1c[nH]c2ccccc12. The van der Waals surface area contributed by atoms with Gasteiger partial charge in [0.1, 0.15) is 0 Å². The molecule has 0 saturated heterocycles. The number of aromatic nitrogens is 2. The van der Waals surface area contributed by atoms with Gasteiger partial charge in [0.25, 0.3) is 5.91 Å². The lowest BCUT2D eigenvalue weighted by Gasteiger charge is -2.04. The number of aromatic amines is 2. The standard InChI is InChI=1S/C17H13N3O/c21-17(14-10-19-16-4-2-1-3-13(14)16)20-12-5-6-15-11(9-12)7-8-18-15/h1-10,18-19H,(H,20,21). The molecule has 4 nitrogen and oxygen atoms in total. The van der Waals surface area contributed by atoms with Gasteiger partial charge in [0.05, 0.1) is 5.56 Å². The number of hydrogen-bond donors (Lipinski definition) is 3. The first-order valence-corrected chi connectivity index (χ1v) is 6.76. The molecule has 0 unspecified atom stereocenters. The lowest BCUT2D eigenvalue weighted by Crippen LogP contribution is -2.11. The molecule has 0 aliphatic carbocycles. The first kappa shape index (κ1) is 11.8. The van der Waals surface area contributed by atoms with E-state index in [1.165, 1.54) is 0 Å². The van der Waals surface area contributed by atoms with Crippen LogP contribution in [-0.2, 0) is 0 Å². The molecule has 2 heterocycles. The topological polar surface area (TPSA) is 60.7 Å². The van der Waals surface area contributed by atoms with Gasteiger partial charge in [0, 0.05) is 39.9 Å². The molecule has 0 atom stereocenters. The van der Waals surface area contributed by atoms with Crippen molar-refractivity contribution in [2.75, 3.05) is 5.32 Å². The summed E-state index contributed by atoms with van der Waals surface area (Å²) in [7, 11) is 0. The molecule has 0 bridgehead atoms. The van der Waals surface area contributed by atoms with Crippen LogP contribution < -0.4 is 5.32 Å². The van der Waals surface area contributed by atoms with E-state index < -0.39 is 0 Å². The number of rotatable bonds is 2. The summed E-state index contributed by atoms with van der Waals surface area (Å²) < 4.78 is 0. The van der Waals surface area contributed by atoms with Crippen molar-refractivity contribution < 1.29 is 4.79 Å². The normalized spacial score (nSPS) is 11.0. The predicted molar refractivity (Wildman–Crippen MR) is 84.6 cm³/mol. The van der Waals surface area contributed by atoms with E-state index in [-0.39, 0.29) is 5.91 Å². The molecule has 4 rings (SSSR count). The molecule has 21 heavy (non-hydrogen) atoms. The Morgan fingerprint density at radius 1 is 0.952 bits per heavy atom. The predicted octanol–water partition coefficient (Wildman–Crippen LogP) is 3.90. The Bertz CT molecular complexity index is 949. The summed E-state index contributed by atoms with van der Waals surface area (Å²) in [6.07, 6.45) is 3.63. The van der Waals surface area contributed by atoms with Gasteiger partial charge in [-0.1, -0.05) is 18.2 Å². The molecule has 3 N–H and O–H groups in total. The molecule has 0 fully saturated rings. The number of benzene rings is 2. The van der Waals surface area contributed by atoms with Crippen LogP contribution in [-0.4, -0.2) is 15.9 Å². The zero-order valence-electron chi connectivity index (χ0n) is 11.2. The third-order valence-corrected chi connectivity index (χ3v) is 3.65. The zero-order valence-corrected chi connectivity index (χ0v) is 11.2. The zero-order chi connectivity index (χ0) is 14.2. The summed E-state index contributed by atoms with van der Waals surface area (Å²) >= 11 is 0. The van der Waals surface area contributed by atoms with Crippen LogP contribution in [0.5, 0.6) is 0 Å². The van der Waals surface area contributed by atoms with Crippen molar-refractivity contribution in [3.05, 3.63) is 66.5 Å². The monoisotopic (exact) mass is 275 g/mol. The number of para-hydroxylation sites is 1. The molecule has 1 amide bonds. The largest absolute Gasteiger partial charge is 0.361 e. The minimum Gasteiger partial charge on any atom is -0.361 e. The summed E-state index contributed by atoms with van der Waals surface area (Å²) in [5.74, 6) is -0.109. The highest BCUT2D eigenvalue weighted by Gasteiger charge is 2.11. The van der Waals surface area contributed by atoms with Crippen LogP contribution in [0.15, 0.2) is 60.9 Å². The Balaban J connectivity index is 1.68. The van der Waals surface area contributed by atoms with Crippen molar-refractivity contribution in [3.8, 4) is 0 Å². The number of amides is 1. The quantitative estimate of drug-likeness (QED) is 0.510. The maximum Gasteiger partial charge on any atom is 0.257 e. The number of H-pyrrole nitrogens is 2. The summed E-state index contributed by atoms with van der Waals surface area (Å²) in [6.45, 7) is 0. The van der Waals surface area contributed by atoms with E-state index in [1.807, 2.05) is 54.7 Å². The van der Waals surface area contributed by atoms with Crippen LogP contribution in [0.2, 0.25) is 0 Å². The van der Waals surface area contributed by atoms with Crippen molar-refractivity contribution in [3.63, 3.8) is 0 Å². The molecule has 0 spiro atoms. The Hall–Kier alpha value is -3.01. The maximum absolute atomic E-state index is 12.4. The van der Waals surface area contributed by atoms with Crippen LogP contribution in [0, 0.1) is 0 Å². The van der Waals surface area contributed by atoms with Crippen molar-refractivity contribution in [1.82, 2.24) is 9.97 Å². The molecular formula is C17H13N3O. The molecule has 2 aromatic carbocycles. The van der Waals surface area contributed by atoms with Gasteiger partial charge in [-0.15, -0.1) is 0 Å². The minimum absolute atomic E-state index is 0.109. The third-order valence-electron chi connectivity index (χ3n) is 3.65. The van der Waals surface area contributed by atoms with Gasteiger partial charge in [0.15, 0.2) is 0 Å². The van der Waals surface area contributed by atoms with Crippen LogP contribution in [0.3, 0.4) is 0 Å². The van der Waals surface area contributed by atoms with Gasteiger partial charge in [-0.25, -0.2) is 0 Å². The number of anilines is 1. The van der Waals surface area contributed by atoms with Crippen LogP contribution in [0.25, 0.3) is 21.8 Å². The van der Waals surface area contributed by atoms with Crippen molar-refractivity contribution in [1.29, 1.82) is 0 Å². The second-order valence-corrected chi connectivity index (χ2v) is 4.98. The minimum atomic E-state index is -0.109. The number of hydrogen-bond acceptors (Lipinski definition) is 1. The van der Waals surface area contributed by atoms with Gasteiger partial charge < -0.3 is 15.3 Å². The summed E-state index contributed by atoms with van der Waals surface area (Å²) in [4.78, 5) is 18.7. The van der Waals surface area contributed by atoms with Gasteiger partial charge in [-0.3, -0.25) is 4.79 Å². The molecule has 2 aromatic heterocycles. The summed E-state index contributed by atoms with van der Waals surface area (Å²) in [5, 5.41) is 4.95. The third kappa shape index (κ3) is 1.97. The highest BCUT2D eigenvalue weighted by atomic mass is 16.1.